The van der Waals surface area contributed by atoms with E-state index in [9.17, 15) is 10.1 Å². The smallest absolute Gasteiger partial charge is 0.239 e. The molecule has 4 rings (SSSR count). The van der Waals surface area contributed by atoms with Gasteiger partial charge in [-0.25, -0.2) is 0 Å². The number of likely N-dealkylation sites (tertiary alicyclic amines) is 1. The first-order valence-electron chi connectivity index (χ1n) is 11.4. The zero-order chi connectivity index (χ0) is 23.4. The fraction of sp³-hybridized carbons (Fsp3) is 0.385. The topological polar surface area (TPSA) is 83.4 Å². The first kappa shape index (κ1) is 22.7. The minimum absolute atomic E-state index is 0.123. The molecule has 0 spiro atoms. The summed E-state index contributed by atoms with van der Waals surface area (Å²) in [7, 11) is 0. The maximum atomic E-state index is 13.1. The molecule has 0 saturated carbocycles. The van der Waals surface area contributed by atoms with Crippen molar-refractivity contribution in [2.75, 3.05) is 25.0 Å². The summed E-state index contributed by atoms with van der Waals surface area (Å²) in [6, 6.07) is 14.3. The number of benzene rings is 1. The van der Waals surface area contributed by atoms with Crippen LogP contribution in [0.25, 0.3) is 0 Å². The lowest BCUT2D eigenvalue weighted by Gasteiger charge is -2.24. The Hall–Kier alpha value is -3.50. The van der Waals surface area contributed by atoms with Gasteiger partial charge in [0.25, 0.3) is 0 Å². The van der Waals surface area contributed by atoms with Crippen LogP contribution < -0.4 is 10.1 Å². The van der Waals surface area contributed by atoms with Crippen LogP contribution in [0.4, 0.5) is 5.82 Å². The number of nitriles is 1. The average molecular weight is 447 g/mol. The van der Waals surface area contributed by atoms with Gasteiger partial charge in [-0.1, -0.05) is 12.1 Å². The largest absolute Gasteiger partial charge is 0.494 e. The van der Waals surface area contributed by atoms with Crippen molar-refractivity contribution in [2.45, 2.75) is 46.2 Å². The fourth-order valence-corrected chi connectivity index (χ4v) is 4.59. The van der Waals surface area contributed by atoms with Crippen molar-refractivity contribution < 1.29 is 13.9 Å². The number of amides is 1. The predicted octanol–water partition coefficient (Wildman–Crippen LogP) is 4.79. The Morgan fingerprint density at radius 2 is 2.06 bits per heavy atom. The van der Waals surface area contributed by atoms with Crippen molar-refractivity contribution in [1.29, 1.82) is 5.26 Å². The molecule has 1 aliphatic rings. The quantitative estimate of drug-likeness (QED) is 0.538. The van der Waals surface area contributed by atoms with Crippen molar-refractivity contribution in [3.05, 3.63) is 70.8 Å². The molecule has 0 bridgehead atoms. The maximum Gasteiger partial charge on any atom is 0.239 e. The fourth-order valence-electron chi connectivity index (χ4n) is 4.59. The summed E-state index contributed by atoms with van der Waals surface area (Å²) in [4.78, 5) is 15.3. The van der Waals surface area contributed by atoms with Gasteiger partial charge in [0.2, 0.25) is 5.91 Å². The molecule has 0 radical (unpaired) electrons. The van der Waals surface area contributed by atoms with Crippen molar-refractivity contribution in [2.24, 2.45) is 0 Å². The highest BCUT2D eigenvalue weighted by Crippen LogP contribution is 2.33. The third kappa shape index (κ3) is 4.81. The van der Waals surface area contributed by atoms with Gasteiger partial charge >= 0.3 is 0 Å². The van der Waals surface area contributed by atoms with Gasteiger partial charge in [-0.15, -0.1) is 0 Å². The van der Waals surface area contributed by atoms with Crippen LogP contribution in [-0.2, 0) is 11.3 Å². The molecular weight excluding hydrogens is 416 g/mol. The molecule has 1 unspecified atom stereocenters. The van der Waals surface area contributed by atoms with Crippen LogP contribution in [0.5, 0.6) is 5.75 Å². The first-order chi connectivity index (χ1) is 16.0. The molecule has 3 aromatic rings. The van der Waals surface area contributed by atoms with E-state index in [1.165, 1.54) is 5.56 Å². The van der Waals surface area contributed by atoms with Crippen LogP contribution in [0.1, 0.15) is 54.0 Å². The summed E-state index contributed by atoms with van der Waals surface area (Å²) in [6.07, 6.45) is 3.68. The molecular formula is C26H30N4O3. The van der Waals surface area contributed by atoms with E-state index in [0.717, 1.165) is 42.2 Å². The number of nitrogens with zero attached hydrogens (tertiary/aromatic N) is 3. The monoisotopic (exact) mass is 446 g/mol. The number of ether oxygens (including phenoxy) is 1. The second kappa shape index (κ2) is 9.97. The van der Waals surface area contributed by atoms with Gasteiger partial charge in [0, 0.05) is 11.7 Å². The summed E-state index contributed by atoms with van der Waals surface area (Å²) < 4.78 is 13.0. The molecule has 3 heterocycles. The Kier molecular flexibility index (Phi) is 6.85. The minimum Gasteiger partial charge on any atom is -0.494 e. The molecule has 1 amide bonds. The molecule has 7 nitrogen and oxygen atoms in total. The number of rotatable bonds is 8. The lowest BCUT2D eigenvalue weighted by molar-refractivity contribution is -0.117. The molecule has 0 aliphatic carbocycles. The molecule has 1 aromatic carbocycles. The van der Waals surface area contributed by atoms with E-state index >= 15 is 0 Å². The van der Waals surface area contributed by atoms with Gasteiger partial charge in [-0.3, -0.25) is 9.69 Å². The van der Waals surface area contributed by atoms with Gasteiger partial charge in [0.1, 0.15) is 23.4 Å². The van der Waals surface area contributed by atoms with E-state index in [1.807, 2.05) is 49.6 Å². The molecule has 2 aromatic heterocycles. The van der Waals surface area contributed by atoms with Crippen molar-refractivity contribution >= 4 is 11.7 Å². The van der Waals surface area contributed by atoms with Crippen LogP contribution in [0.3, 0.4) is 0 Å². The SMILES string of the molecule is CCOc1ccc(C2CCCN2CC(=O)Nc2c(C#N)c(C)c(C)n2Cc2ccco2)cc1. The van der Waals surface area contributed by atoms with Crippen LogP contribution in [0, 0.1) is 25.2 Å². The number of carbonyl (C=O) groups is 1. The number of aromatic nitrogens is 1. The summed E-state index contributed by atoms with van der Waals surface area (Å²) in [5.74, 6) is 2.03. The number of carbonyl (C=O) groups excluding carboxylic acids is 1. The highest BCUT2D eigenvalue weighted by Gasteiger charge is 2.28. The first-order valence-corrected chi connectivity index (χ1v) is 11.4. The van der Waals surface area contributed by atoms with E-state index in [4.69, 9.17) is 9.15 Å². The highest BCUT2D eigenvalue weighted by atomic mass is 16.5. The van der Waals surface area contributed by atoms with Crippen molar-refractivity contribution in [1.82, 2.24) is 9.47 Å². The second-order valence-corrected chi connectivity index (χ2v) is 8.39. The Morgan fingerprint density at radius 3 is 2.73 bits per heavy atom. The van der Waals surface area contributed by atoms with E-state index < -0.39 is 0 Å². The van der Waals surface area contributed by atoms with Crippen molar-refractivity contribution in [3.63, 3.8) is 0 Å². The Bertz CT molecular complexity index is 1140. The van der Waals surface area contributed by atoms with E-state index in [2.05, 4.69) is 28.4 Å². The molecule has 1 N–H and O–H groups in total. The second-order valence-electron chi connectivity index (χ2n) is 8.39. The number of hydrogen-bond donors (Lipinski definition) is 1. The molecule has 7 heteroatoms. The van der Waals surface area contributed by atoms with Gasteiger partial charge in [0.15, 0.2) is 0 Å². The Labute approximate surface area is 194 Å². The molecule has 1 fully saturated rings. The van der Waals surface area contributed by atoms with Gasteiger partial charge < -0.3 is 19.0 Å². The van der Waals surface area contributed by atoms with Crippen LogP contribution >= 0.6 is 0 Å². The third-order valence-electron chi connectivity index (χ3n) is 6.38. The molecule has 172 valence electrons. The standard InChI is InChI=1S/C26H30N4O3/c1-4-32-21-11-9-20(10-12-21)24-8-5-13-29(24)17-25(31)28-26-23(15-27)18(2)19(3)30(26)16-22-7-6-14-33-22/h6-7,9-12,14,24H,4-5,8,13,16-17H2,1-3H3,(H,28,31). The van der Waals surface area contributed by atoms with Gasteiger partial charge in [-0.05, 0) is 75.5 Å². The predicted molar refractivity (Wildman–Crippen MR) is 126 cm³/mol. The minimum atomic E-state index is -0.123. The highest BCUT2D eigenvalue weighted by molar-refractivity contribution is 5.93. The third-order valence-corrected chi connectivity index (χ3v) is 6.38. The Balaban J connectivity index is 1.50. The molecule has 33 heavy (non-hydrogen) atoms. The summed E-state index contributed by atoms with van der Waals surface area (Å²) in [5, 5.41) is 12.8. The van der Waals surface area contributed by atoms with Gasteiger partial charge in [-0.2, -0.15) is 5.26 Å². The number of hydrogen-bond acceptors (Lipinski definition) is 5. The number of nitrogens with one attached hydrogen (secondary N) is 1. The summed E-state index contributed by atoms with van der Waals surface area (Å²) >= 11 is 0. The van der Waals surface area contributed by atoms with Gasteiger partial charge in [0.05, 0.1) is 31.5 Å². The zero-order valence-electron chi connectivity index (χ0n) is 19.4. The van der Waals surface area contributed by atoms with E-state index in [1.54, 1.807) is 6.26 Å². The zero-order valence-corrected chi connectivity index (χ0v) is 19.4. The Morgan fingerprint density at radius 1 is 1.27 bits per heavy atom. The summed E-state index contributed by atoms with van der Waals surface area (Å²) in [5.41, 5.74) is 3.49. The summed E-state index contributed by atoms with van der Waals surface area (Å²) in [6.45, 7) is 8.06. The van der Waals surface area contributed by atoms with E-state index in [-0.39, 0.29) is 18.5 Å². The normalized spacial score (nSPS) is 16.0. The maximum absolute atomic E-state index is 13.1. The van der Waals surface area contributed by atoms with Crippen LogP contribution in [0.15, 0.2) is 47.1 Å². The number of anilines is 1. The number of furan rings is 1. The molecule has 1 aliphatic heterocycles. The van der Waals surface area contributed by atoms with Crippen LogP contribution in [-0.4, -0.2) is 35.1 Å². The lowest BCUT2D eigenvalue weighted by atomic mass is 10.0. The molecule has 1 saturated heterocycles. The van der Waals surface area contributed by atoms with E-state index in [0.29, 0.717) is 24.5 Å². The average Bonchev–Trinajstić information content (AvgIpc) is 3.53. The lowest BCUT2D eigenvalue weighted by Crippen LogP contribution is -2.33. The van der Waals surface area contributed by atoms with Crippen molar-refractivity contribution in [3.8, 4) is 11.8 Å². The van der Waals surface area contributed by atoms with Crippen LogP contribution in [0.2, 0.25) is 0 Å². The molecule has 1 atom stereocenters.